The van der Waals surface area contributed by atoms with Gasteiger partial charge in [0.15, 0.2) is 0 Å². The van der Waals surface area contributed by atoms with E-state index < -0.39 is 0 Å². The fourth-order valence-corrected chi connectivity index (χ4v) is 1.47. The Kier molecular flexibility index (Phi) is 2.02. The summed E-state index contributed by atoms with van der Waals surface area (Å²) < 4.78 is 2.01. The molecule has 0 saturated heterocycles. The molecule has 0 bridgehead atoms. The molecule has 1 N–H and O–H groups in total. The van der Waals surface area contributed by atoms with Crippen LogP contribution in [0.2, 0.25) is 0 Å². The predicted molar refractivity (Wildman–Crippen MR) is 49.0 cm³/mol. The van der Waals surface area contributed by atoms with Crippen LogP contribution in [0.4, 0.5) is 5.95 Å². The zero-order valence-electron chi connectivity index (χ0n) is 7.45. The zero-order chi connectivity index (χ0) is 8.39. The third kappa shape index (κ3) is 1.44. The largest absolute Gasteiger partial charge is 0.355 e. The topological polar surface area (TPSA) is 29.9 Å². The molecule has 3 heteroatoms. The van der Waals surface area contributed by atoms with Crippen molar-refractivity contribution < 1.29 is 0 Å². The minimum Gasteiger partial charge on any atom is -0.355 e. The molecule has 2 rings (SSSR count). The van der Waals surface area contributed by atoms with E-state index in [9.17, 15) is 0 Å². The van der Waals surface area contributed by atoms with Crippen molar-refractivity contribution >= 4 is 5.95 Å². The Labute approximate surface area is 72.8 Å². The summed E-state index contributed by atoms with van der Waals surface area (Å²) in [4.78, 5) is 4.20. The molecule has 12 heavy (non-hydrogen) atoms. The number of hydrogen-bond acceptors (Lipinski definition) is 2. The molecule has 0 unspecified atom stereocenters. The lowest BCUT2D eigenvalue weighted by Gasteiger charge is -2.25. The van der Waals surface area contributed by atoms with Crippen LogP contribution >= 0.6 is 0 Å². The fraction of sp³-hybridized carbons (Fsp3) is 0.667. The molecule has 1 saturated carbocycles. The van der Waals surface area contributed by atoms with Gasteiger partial charge in [0, 0.05) is 26.0 Å². The van der Waals surface area contributed by atoms with Gasteiger partial charge in [0.2, 0.25) is 5.95 Å². The Morgan fingerprint density at radius 3 is 3.00 bits per heavy atom. The normalized spacial score (nSPS) is 17.4. The van der Waals surface area contributed by atoms with E-state index in [1.807, 2.05) is 24.0 Å². The average Bonchev–Trinajstić information content (AvgIpc) is 2.33. The standard InChI is InChI=1S/C9H15N3/c1-12-6-5-10-9(12)11-7-8-3-2-4-8/h5-6,8H,2-4,7H2,1H3,(H,10,11). The molecule has 1 aliphatic rings. The van der Waals surface area contributed by atoms with Gasteiger partial charge in [0.1, 0.15) is 0 Å². The summed E-state index contributed by atoms with van der Waals surface area (Å²) in [6.07, 6.45) is 7.97. The molecule has 1 aromatic heterocycles. The van der Waals surface area contributed by atoms with Crippen LogP contribution in [-0.4, -0.2) is 16.1 Å². The second kappa shape index (κ2) is 3.17. The minimum atomic E-state index is 0.890. The van der Waals surface area contributed by atoms with Crippen LogP contribution in [0.1, 0.15) is 19.3 Å². The number of hydrogen-bond donors (Lipinski definition) is 1. The number of nitrogens with one attached hydrogen (secondary N) is 1. The van der Waals surface area contributed by atoms with Gasteiger partial charge >= 0.3 is 0 Å². The lowest BCUT2D eigenvalue weighted by molar-refractivity contribution is 0.332. The Morgan fingerprint density at radius 1 is 1.67 bits per heavy atom. The highest BCUT2D eigenvalue weighted by atomic mass is 15.2. The Hall–Kier alpha value is -0.990. The maximum absolute atomic E-state index is 4.20. The van der Waals surface area contributed by atoms with Crippen LogP contribution < -0.4 is 5.32 Å². The van der Waals surface area contributed by atoms with Crippen molar-refractivity contribution in [3.63, 3.8) is 0 Å². The fourth-order valence-electron chi connectivity index (χ4n) is 1.47. The molecule has 0 spiro atoms. The molecule has 3 nitrogen and oxygen atoms in total. The highest BCUT2D eigenvalue weighted by molar-refractivity contribution is 5.25. The van der Waals surface area contributed by atoms with Crippen molar-refractivity contribution in [2.24, 2.45) is 13.0 Å². The third-order valence-corrected chi connectivity index (χ3v) is 2.59. The van der Waals surface area contributed by atoms with Gasteiger partial charge in [0.25, 0.3) is 0 Å². The minimum absolute atomic E-state index is 0.890. The highest BCUT2D eigenvalue weighted by Crippen LogP contribution is 2.26. The first-order chi connectivity index (χ1) is 5.86. The van der Waals surface area contributed by atoms with E-state index in [0.717, 1.165) is 18.4 Å². The van der Waals surface area contributed by atoms with E-state index >= 15 is 0 Å². The molecule has 0 amide bonds. The van der Waals surface area contributed by atoms with Gasteiger partial charge in [-0.3, -0.25) is 0 Å². The number of anilines is 1. The lowest BCUT2D eigenvalue weighted by atomic mass is 9.85. The van der Waals surface area contributed by atoms with Gasteiger partial charge in [-0.25, -0.2) is 4.98 Å². The van der Waals surface area contributed by atoms with Crippen LogP contribution in [-0.2, 0) is 7.05 Å². The summed E-state index contributed by atoms with van der Waals surface area (Å²) in [6, 6.07) is 0. The van der Waals surface area contributed by atoms with Crippen LogP contribution in [0.15, 0.2) is 12.4 Å². The maximum Gasteiger partial charge on any atom is 0.202 e. The molecule has 0 aromatic carbocycles. The molecular formula is C9H15N3. The van der Waals surface area contributed by atoms with Gasteiger partial charge < -0.3 is 9.88 Å². The van der Waals surface area contributed by atoms with Crippen LogP contribution in [0.5, 0.6) is 0 Å². The Bertz CT molecular complexity index is 250. The SMILES string of the molecule is Cn1ccnc1NCC1CCC1. The molecule has 1 heterocycles. The summed E-state index contributed by atoms with van der Waals surface area (Å²) in [5.41, 5.74) is 0. The van der Waals surface area contributed by atoms with E-state index in [4.69, 9.17) is 0 Å². The van der Waals surface area contributed by atoms with Crippen molar-refractivity contribution in [3.05, 3.63) is 12.4 Å². The Balaban J connectivity index is 1.82. The van der Waals surface area contributed by atoms with E-state index in [1.54, 1.807) is 0 Å². The highest BCUT2D eigenvalue weighted by Gasteiger charge is 2.16. The molecule has 0 radical (unpaired) electrons. The summed E-state index contributed by atoms with van der Waals surface area (Å²) in [5.74, 6) is 1.88. The van der Waals surface area contributed by atoms with Crippen molar-refractivity contribution in [3.8, 4) is 0 Å². The zero-order valence-corrected chi connectivity index (χ0v) is 7.45. The second-order valence-corrected chi connectivity index (χ2v) is 3.54. The first kappa shape index (κ1) is 7.65. The molecule has 0 aliphatic heterocycles. The first-order valence-corrected chi connectivity index (χ1v) is 4.57. The van der Waals surface area contributed by atoms with Gasteiger partial charge in [0.05, 0.1) is 0 Å². The van der Waals surface area contributed by atoms with Crippen molar-refractivity contribution in [2.45, 2.75) is 19.3 Å². The summed E-state index contributed by atoms with van der Waals surface area (Å²) in [7, 11) is 2.01. The van der Waals surface area contributed by atoms with Gasteiger partial charge in [-0.05, 0) is 18.8 Å². The maximum atomic E-state index is 4.20. The number of imidazole rings is 1. The number of rotatable bonds is 3. The lowest BCUT2D eigenvalue weighted by Crippen LogP contribution is -2.22. The third-order valence-electron chi connectivity index (χ3n) is 2.59. The molecule has 1 aromatic rings. The van der Waals surface area contributed by atoms with Crippen molar-refractivity contribution in [1.82, 2.24) is 9.55 Å². The number of aryl methyl sites for hydroxylation is 1. The number of aromatic nitrogens is 2. The summed E-state index contributed by atoms with van der Waals surface area (Å²) >= 11 is 0. The number of nitrogens with zero attached hydrogens (tertiary/aromatic N) is 2. The monoisotopic (exact) mass is 165 g/mol. The quantitative estimate of drug-likeness (QED) is 0.737. The predicted octanol–water partition coefficient (Wildman–Crippen LogP) is 1.63. The molecule has 66 valence electrons. The molecular weight excluding hydrogens is 150 g/mol. The average molecular weight is 165 g/mol. The van der Waals surface area contributed by atoms with Gasteiger partial charge in [-0.2, -0.15) is 0 Å². The van der Waals surface area contributed by atoms with E-state index in [1.165, 1.54) is 19.3 Å². The summed E-state index contributed by atoms with van der Waals surface area (Å²) in [5, 5.41) is 3.35. The first-order valence-electron chi connectivity index (χ1n) is 4.57. The van der Waals surface area contributed by atoms with E-state index in [0.29, 0.717) is 0 Å². The summed E-state index contributed by atoms with van der Waals surface area (Å²) in [6.45, 7) is 1.09. The molecule has 1 fully saturated rings. The van der Waals surface area contributed by atoms with Gasteiger partial charge in [-0.1, -0.05) is 6.42 Å². The molecule has 1 aliphatic carbocycles. The van der Waals surface area contributed by atoms with Crippen LogP contribution in [0.25, 0.3) is 0 Å². The van der Waals surface area contributed by atoms with Crippen molar-refractivity contribution in [1.29, 1.82) is 0 Å². The smallest absolute Gasteiger partial charge is 0.202 e. The van der Waals surface area contributed by atoms with E-state index in [-0.39, 0.29) is 0 Å². The Morgan fingerprint density at radius 2 is 2.50 bits per heavy atom. The van der Waals surface area contributed by atoms with E-state index in [2.05, 4.69) is 10.3 Å². The van der Waals surface area contributed by atoms with Crippen LogP contribution in [0.3, 0.4) is 0 Å². The van der Waals surface area contributed by atoms with Gasteiger partial charge in [-0.15, -0.1) is 0 Å². The van der Waals surface area contributed by atoms with Crippen molar-refractivity contribution in [2.75, 3.05) is 11.9 Å². The second-order valence-electron chi connectivity index (χ2n) is 3.54. The molecule has 0 atom stereocenters. The van der Waals surface area contributed by atoms with Crippen LogP contribution in [0, 0.1) is 5.92 Å².